The van der Waals surface area contributed by atoms with Crippen molar-refractivity contribution in [3.63, 3.8) is 0 Å². The summed E-state index contributed by atoms with van der Waals surface area (Å²) in [5, 5.41) is 20.6. The van der Waals surface area contributed by atoms with E-state index in [0.29, 0.717) is 25.0 Å². The molecule has 1 amide bonds. The maximum absolute atomic E-state index is 13.6. The molecule has 1 atom stereocenters. The molecule has 3 N–H and O–H groups in total. The Hall–Kier alpha value is -3.59. The molecule has 2 aromatic carbocycles. The topological polar surface area (TPSA) is 120 Å². The third-order valence-electron chi connectivity index (χ3n) is 8.10. The molecule has 8 nitrogen and oxygen atoms in total. The number of fused-ring (bicyclic) bond motifs is 1. The second kappa shape index (κ2) is 12.1. The molecule has 0 unspecified atom stereocenters. The van der Waals surface area contributed by atoms with E-state index < -0.39 is 25.7 Å². The van der Waals surface area contributed by atoms with Crippen molar-refractivity contribution in [1.82, 2.24) is 9.88 Å². The zero-order chi connectivity index (χ0) is 30.8. The fourth-order valence-corrected chi connectivity index (χ4v) is 6.93. The van der Waals surface area contributed by atoms with Crippen LogP contribution in [0.4, 0.5) is 4.79 Å². The molecule has 9 heteroatoms. The van der Waals surface area contributed by atoms with E-state index in [4.69, 9.17) is 4.74 Å². The van der Waals surface area contributed by atoms with Crippen molar-refractivity contribution in [3.05, 3.63) is 75.6 Å². The molecule has 0 saturated heterocycles. The quantitative estimate of drug-likeness (QED) is 0.234. The third kappa shape index (κ3) is 8.22. The third-order valence-corrected chi connectivity index (χ3v) is 13.7. The number of carbonyl (C=O) groups excluding carboxylic acids is 1. The number of phenols is 1. The first-order chi connectivity index (χ1) is 18.9. The highest BCUT2D eigenvalue weighted by molar-refractivity contribution is 6.80. The standard InChI is InChI=1S/C32H44N2O6Si/c1-31(2,3)40-30(39)34(18-17-21-9-11-22(12-10-21)29(37)38)19-23(20-41(7,8)32(4,5)6)24-13-15-26(35)28-25(24)14-16-27(36)33-28/h9-16,23,35H,17-20H2,1-8H3,(H,33,36)(H,37,38)/t23-/m1/s1. The van der Waals surface area contributed by atoms with Gasteiger partial charge in [-0.05, 0) is 79.6 Å². The fraction of sp³-hybridized carbons (Fsp3) is 0.469. The molecule has 0 aliphatic rings. The number of carboxylic acids is 1. The highest BCUT2D eigenvalue weighted by Crippen LogP contribution is 2.44. The van der Waals surface area contributed by atoms with Gasteiger partial charge in [-0.3, -0.25) is 4.79 Å². The van der Waals surface area contributed by atoms with Crippen molar-refractivity contribution in [3.8, 4) is 5.75 Å². The van der Waals surface area contributed by atoms with Crippen molar-refractivity contribution in [2.45, 2.75) is 83.7 Å². The molecule has 0 radical (unpaired) electrons. The number of aromatic carboxylic acids is 1. The van der Waals surface area contributed by atoms with Crippen LogP contribution < -0.4 is 5.56 Å². The zero-order valence-electron chi connectivity index (χ0n) is 25.5. The Kier molecular flexibility index (Phi) is 9.43. The molecule has 41 heavy (non-hydrogen) atoms. The first-order valence-electron chi connectivity index (χ1n) is 14.0. The van der Waals surface area contributed by atoms with Crippen LogP contribution in [0.5, 0.6) is 5.75 Å². The van der Waals surface area contributed by atoms with E-state index in [1.807, 2.05) is 26.8 Å². The lowest BCUT2D eigenvalue weighted by Gasteiger charge is -2.41. The van der Waals surface area contributed by atoms with Gasteiger partial charge >= 0.3 is 12.1 Å². The molecule has 222 valence electrons. The summed E-state index contributed by atoms with van der Waals surface area (Å²) in [6, 6.07) is 14.2. The van der Waals surface area contributed by atoms with Crippen molar-refractivity contribution in [2.75, 3.05) is 13.1 Å². The number of hydrogen-bond acceptors (Lipinski definition) is 5. The average molecular weight is 581 g/mol. The Morgan fingerprint density at radius 1 is 0.976 bits per heavy atom. The van der Waals surface area contributed by atoms with Gasteiger partial charge in [0.2, 0.25) is 5.56 Å². The summed E-state index contributed by atoms with van der Waals surface area (Å²) in [7, 11) is -1.88. The maximum atomic E-state index is 13.6. The SMILES string of the molecule is CC(C)(C)OC(=O)N(CCc1ccc(C(=O)O)cc1)C[C@H](C[Si](C)(C)C(C)(C)C)c1ccc(O)c2[nH]c(=O)ccc12. The van der Waals surface area contributed by atoms with Crippen LogP contribution in [-0.2, 0) is 11.2 Å². The van der Waals surface area contributed by atoms with Crippen LogP contribution in [0.2, 0.25) is 24.2 Å². The Bertz CT molecular complexity index is 1450. The Morgan fingerprint density at radius 2 is 1.61 bits per heavy atom. The summed E-state index contributed by atoms with van der Waals surface area (Å²) in [4.78, 5) is 41.4. The van der Waals surface area contributed by atoms with Crippen LogP contribution in [0.25, 0.3) is 10.9 Å². The number of aromatic nitrogens is 1. The summed E-state index contributed by atoms with van der Waals surface area (Å²) < 4.78 is 5.83. The number of carbonyl (C=O) groups is 2. The van der Waals surface area contributed by atoms with Gasteiger partial charge in [0.25, 0.3) is 0 Å². The van der Waals surface area contributed by atoms with Crippen LogP contribution in [-0.4, -0.2) is 58.9 Å². The van der Waals surface area contributed by atoms with E-state index in [-0.39, 0.29) is 27.8 Å². The first-order valence-corrected chi connectivity index (χ1v) is 17.2. The lowest BCUT2D eigenvalue weighted by atomic mass is 9.95. The number of H-pyrrole nitrogens is 1. The normalized spacial score (nSPS) is 13.2. The first kappa shape index (κ1) is 31.9. The summed E-state index contributed by atoms with van der Waals surface area (Å²) in [6.07, 6.45) is 0.103. The highest BCUT2D eigenvalue weighted by Gasteiger charge is 2.39. The van der Waals surface area contributed by atoms with Gasteiger partial charge in [0.15, 0.2) is 0 Å². The Labute approximate surface area is 243 Å². The van der Waals surface area contributed by atoms with E-state index in [1.54, 1.807) is 41.3 Å². The number of aromatic amines is 1. The molecule has 3 aromatic rings. The molecule has 0 bridgehead atoms. The predicted octanol–water partition coefficient (Wildman–Crippen LogP) is 7.00. The molecule has 0 aliphatic heterocycles. The molecule has 0 aliphatic carbocycles. The molecule has 0 fully saturated rings. The van der Waals surface area contributed by atoms with Gasteiger partial charge in [0.1, 0.15) is 11.4 Å². The van der Waals surface area contributed by atoms with Crippen LogP contribution in [0, 0.1) is 0 Å². The molecule has 0 saturated carbocycles. The van der Waals surface area contributed by atoms with Gasteiger partial charge in [-0.2, -0.15) is 0 Å². The molecule has 1 aromatic heterocycles. The van der Waals surface area contributed by atoms with Crippen LogP contribution in [0.15, 0.2) is 53.3 Å². The summed E-state index contributed by atoms with van der Waals surface area (Å²) in [5.41, 5.74) is 1.49. The van der Waals surface area contributed by atoms with E-state index in [9.17, 15) is 24.6 Å². The smallest absolute Gasteiger partial charge is 0.410 e. The number of nitrogens with zero attached hydrogens (tertiary/aromatic N) is 1. The number of ether oxygens (including phenoxy) is 1. The molecule has 0 spiro atoms. The van der Waals surface area contributed by atoms with E-state index >= 15 is 0 Å². The minimum atomic E-state index is -1.88. The second-order valence-electron chi connectivity index (χ2n) is 13.5. The van der Waals surface area contributed by atoms with Gasteiger partial charge in [-0.25, -0.2) is 9.59 Å². The number of carboxylic acid groups (broad SMARTS) is 1. The van der Waals surface area contributed by atoms with E-state index in [2.05, 4.69) is 38.8 Å². The van der Waals surface area contributed by atoms with Crippen molar-refractivity contribution in [1.29, 1.82) is 0 Å². The number of amides is 1. The Morgan fingerprint density at radius 3 is 2.17 bits per heavy atom. The molecule has 1 heterocycles. The lowest BCUT2D eigenvalue weighted by molar-refractivity contribution is 0.0242. The minimum Gasteiger partial charge on any atom is -0.506 e. The number of rotatable bonds is 9. The predicted molar refractivity (Wildman–Crippen MR) is 166 cm³/mol. The molecular formula is C32H44N2O6Si. The van der Waals surface area contributed by atoms with Crippen LogP contribution in [0.3, 0.4) is 0 Å². The number of phenolic OH excluding ortho intramolecular Hbond substituents is 1. The number of benzene rings is 2. The van der Waals surface area contributed by atoms with Gasteiger partial charge < -0.3 is 24.8 Å². The van der Waals surface area contributed by atoms with E-state index in [1.165, 1.54) is 6.07 Å². The zero-order valence-corrected chi connectivity index (χ0v) is 26.5. The summed E-state index contributed by atoms with van der Waals surface area (Å²) >= 11 is 0. The van der Waals surface area contributed by atoms with Gasteiger partial charge in [0, 0.05) is 24.5 Å². The second-order valence-corrected chi connectivity index (χ2v) is 19.2. The lowest BCUT2D eigenvalue weighted by Crippen LogP contribution is -2.44. The maximum Gasteiger partial charge on any atom is 0.410 e. The van der Waals surface area contributed by atoms with Crippen molar-refractivity contribution >= 4 is 31.0 Å². The number of aromatic hydroxyl groups is 1. The summed E-state index contributed by atoms with van der Waals surface area (Å²) in [6.45, 7) is 17.8. The largest absolute Gasteiger partial charge is 0.506 e. The van der Waals surface area contributed by atoms with Gasteiger partial charge in [-0.15, -0.1) is 0 Å². The van der Waals surface area contributed by atoms with Gasteiger partial charge in [0.05, 0.1) is 19.2 Å². The molecule has 3 rings (SSSR count). The van der Waals surface area contributed by atoms with Crippen LogP contribution in [0.1, 0.15) is 68.9 Å². The Balaban J connectivity index is 2.05. The minimum absolute atomic E-state index is 0.00123. The number of pyridine rings is 1. The fourth-order valence-electron chi connectivity index (χ4n) is 4.74. The number of hydrogen-bond donors (Lipinski definition) is 3. The van der Waals surface area contributed by atoms with Crippen LogP contribution >= 0.6 is 0 Å². The van der Waals surface area contributed by atoms with Gasteiger partial charge in [-0.1, -0.05) is 52.1 Å². The van der Waals surface area contributed by atoms with E-state index in [0.717, 1.165) is 22.6 Å². The highest BCUT2D eigenvalue weighted by atomic mass is 28.3. The van der Waals surface area contributed by atoms with Crippen molar-refractivity contribution in [2.24, 2.45) is 0 Å². The average Bonchev–Trinajstić information content (AvgIpc) is 2.84. The monoisotopic (exact) mass is 580 g/mol. The van der Waals surface area contributed by atoms with Crippen molar-refractivity contribution < 1.29 is 24.5 Å². The molecular weight excluding hydrogens is 536 g/mol. The summed E-state index contributed by atoms with van der Waals surface area (Å²) in [5.74, 6) is -1.07. The number of nitrogens with one attached hydrogen (secondary N) is 1.